The first-order valence-corrected chi connectivity index (χ1v) is 8.28. The minimum absolute atomic E-state index is 0.150. The third-order valence-electron chi connectivity index (χ3n) is 4.06. The molecule has 3 aromatic rings. The molecule has 0 bridgehead atoms. The van der Waals surface area contributed by atoms with Gasteiger partial charge in [0, 0.05) is 17.0 Å². The van der Waals surface area contributed by atoms with E-state index in [-0.39, 0.29) is 17.6 Å². The Morgan fingerprint density at radius 2 is 1.85 bits per heavy atom. The van der Waals surface area contributed by atoms with Crippen molar-refractivity contribution in [3.8, 4) is 5.75 Å². The number of fused-ring (bicyclic) bond motifs is 1. The van der Waals surface area contributed by atoms with E-state index in [0.29, 0.717) is 16.0 Å². The number of hydrogen-bond acceptors (Lipinski definition) is 3. The van der Waals surface area contributed by atoms with Gasteiger partial charge in [-0.3, -0.25) is 4.79 Å². The van der Waals surface area contributed by atoms with Crippen LogP contribution in [0.15, 0.2) is 42.5 Å². The van der Waals surface area contributed by atoms with Gasteiger partial charge in [-0.15, -0.1) is 0 Å². The van der Waals surface area contributed by atoms with Gasteiger partial charge in [0.25, 0.3) is 5.91 Å². The molecule has 27 heavy (non-hydrogen) atoms. The zero-order valence-electron chi connectivity index (χ0n) is 14.1. The number of nitrogens with zero attached hydrogens (tertiary/aromatic N) is 1. The maximum Gasteiger partial charge on any atom is 0.433 e. The second-order valence-corrected chi connectivity index (χ2v) is 6.43. The lowest BCUT2D eigenvalue weighted by Crippen LogP contribution is -2.23. The highest BCUT2D eigenvalue weighted by Gasteiger charge is 2.33. The molecule has 1 aromatic heterocycles. The summed E-state index contributed by atoms with van der Waals surface area (Å²) in [6.45, 7) is 1.65. The van der Waals surface area contributed by atoms with E-state index in [4.69, 9.17) is 11.6 Å². The van der Waals surface area contributed by atoms with Gasteiger partial charge >= 0.3 is 6.18 Å². The smallest absolute Gasteiger partial charge is 0.433 e. The maximum absolute atomic E-state index is 13.0. The number of hydrogen-bond donors (Lipinski definition) is 2. The molecule has 4 nitrogen and oxygen atoms in total. The highest BCUT2D eigenvalue weighted by Crippen LogP contribution is 2.34. The van der Waals surface area contributed by atoms with E-state index < -0.39 is 23.5 Å². The summed E-state index contributed by atoms with van der Waals surface area (Å²) in [5.41, 5.74) is -0.456. The molecule has 0 saturated heterocycles. The third kappa shape index (κ3) is 3.98. The number of phenolic OH excluding ortho intramolecular Hbond substituents is 1. The summed E-state index contributed by atoms with van der Waals surface area (Å²) < 4.78 is 39.0. The molecule has 0 aliphatic heterocycles. The van der Waals surface area contributed by atoms with Crippen LogP contribution in [0.25, 0.3) is 10.9 Å². The first-order chi connectivity index (χ1) is 12.7. The molecular weight excluding hydrogens is 381 g/mol. The van der Waals surface area contributed by atoms with Gasteiger partial charge in [-0.2, -0.15) is 13.2 Å². The molecule has 3 rings (SSSR count). The second-order valence-electron chi connectivity index (χ2n) is 5.99. The number of aromatic nitrogens is 1. The van der Waals surface area contributed by atoms with Crippen LogP contribution in [0.3, 0.4) is 0 Å². The van der Waals surface area contributed by atoms with E-state index in [9.17, 15) is 23.1 Å². The summed E-state index contributed by atoms with van der Waals surface area (Å²) in [6.07, 6.45) is -4.65. The predicted octanol–water partition coefficient (Wildman–Crippen LogP) is 4.85. The standard InChI is InChI=1S/C19H14ClF3N2O2/c1-10-8-15(19(21,22)23)25-16-13(10)6-7-14(17(16)26)18(27)24-9-11-2-4-12(20)5-3-11/h2-8,26H,9H2,1H3,(H,24,27). The first-order valence-electron chi connectivity index (χ1n) is 7.90. The molecule has 0 unspecified atom stereocenters. The van der Waals surface area contributed by atoms with Crippen LogP contribution in [0, 0.1) is 6.92 Å². The molecule has 2 N–H and O–H groups in total. The molecule has 140 valence electrons. The van der Waals surface area contributed by atoms with Gasteiger partial charge in [0.15, 0.2) is 5.75 Å². The summed E-state index contributed by atoms with van der Waals surface area (Å²) in [5, 5.41) is 13.9. The molecule has 0 spiro atoms. The Morgan fingerprint density at radius 1 is 1.19 bits per heavy atom. The van der Waals surface area contributed by atoms with Gasteiger partial charge in [-0.1, -0.05) is 29.8 Å². The summed E-state index contributed by atoms with van der Waals surface area (Å²) in [4.78, 5) is 15.9. The molecule has 0 atom stereocenters. The number of phenols is 1. The SMILES string of the molecule is Cc1cc(C(F)(F)F)nc2c(O)c(C(=O)NCc3ccc(Cl)cc3)ccc12. The van der Waals surface area contributed by atoms with Crippen molar-refractivity contribution in [3.63, 3.8) is 0 Å². The number of aromatic hydroxyl groups is 1. The van der Waals surface area contributed by atoms with Gasteiger partial charge < -0.3 is 10.4 Å². The van der Waals surface area contributed by atoms with Crippen molar-refractivity contribution in [1.82, 2.24) is 10.3 Å². The fourth-order valence-corrected chi connectivity index (χ4v) is 2.78. The normalized spacial score (nSPS) is 11.6. The lowest BCUT2D eigenvalue weighted by molar-refractivity contribution is -0.141. The van der Waals surface area contributed by atoms with E-state index in [1.54, 1.807) is 24.3 Å². The Labute approximate surface area is 157 Å². The van der Waals surface area contributed by atoms with Gasteiger partial charge in [0.05, 0.1) is 5.56 Å². The number of aryl methyl sites for hydroxylation is 1. The van der Waals surface area contributed by atoms with Crippen LogP contribution in [0.1, 0.15) is 27.2 Å². The number of alkyl halides is 3. The average molecular weight is 395 g/mol. The van der Waals surface area contributed by atoms with Gasteiger partial charge in [-0.25, -0.2) is 4.98 Å². The Morgan fingerprint density at radius 3 is 2.48 bits per heavy atom. The molecule has 1 amide bonds. The fourth-order valence-electron chi connectivity index (χ4n) is 2.65. The lowest BCUT2D eigenvalue weighted by Gasteiger charge is -2.13. The largest absolute Gasteiger partial charge is 0.505 e. The summed E-state index contributed by atoms with van der Waals surface area (Å²) in [6, 6.07) is 10.5. The quantitative estimate of drug-likeness (QED) is 0.667. The first kappa shape index (κ1) is 19.0. The molecule has 1 heterocycles. The van der Waals surface area contributed by atoms with Gasteiger partial charge in [0.2, 0.25) is 0 Å². The molecule has 0 aliphatic rings. The number of benzene rings is 2. The number of carbonyl (C=O) groups is 1. The minimum atomic E-state index is -4.65. The second kappa shape index (κ2) is 7.08. The lowest BCUT2D eigenvalue weighted by atomic mass is 10.0. The van der Waals surface area contributed by atoms with Crippen LogP contribution >= 0.6 is 11.6 Å². The van der Waals surface area contributed by atoms with E-state index in [1.165, 1.54) is 19.1 Å². The third-order valence-corrected chi connectivity index (χ3v) is 4.31. The van der Waals surface area contributed by atoms with Crippen LogP contribution in [-0.2, 0) is 12.7 Å². The van der Waals surface area contributed by atoms with Crippen LogP contribution in [-0.4, -0.2) is 16.0 Å². The minimum Gasteiger partial charge on any atom is -0.505 e. The maximum atomic E-state index is 13.0. The van der Waals surface area contributed by atoms with Crippen LogP contribution < -0.4 is 5.32 Å². The molecule has 8 heteroatoms. The van der Waals surface area contributed by atoms with Crippen molar-refractivity contribution >= 4 is 28.4 Å². The topological polar surface area (TPSA) is 62.2 Å². The van der Waals surface area contributed by atoms with Crippen LogP contribution in [0.4, 0.5) is 13.2 Å². The van der Waals surface area contributed by atoms with Crippen molar-refractivity contribution < 1.29 is 23.1 Å². The monoisotopic (exact) mass is 394 g/mol. The molecule has 2 aromatic carbocycles. The zero-order chi connectivity index (χ0) is 19.8. The number of carbonyl (C=O) groups excluding carboxylic acids is 1. The van der Waals surface area contributed by atoms with Crippen molar-refractivity contribution in [2.45, 2.75) is 19.6 Å². The number of halogens is 4. The Balaban J connectivity index is 1.93. The molecule has 0 fully saturated rings. The van der Waals surface area contributed by atoms with Gasteiger partial charge in [0.1, 0.15) is 11.2 Å². The number of pyridine rings is 1. The Hall–Kier alpha value is -2.80. The zero-order valence-corrected chi connectivity index (χ0v) is 14.8. The average Bonchev–Trinajstić information content (AvgIpc) is 2.61. The molecule has 0 saturated carbocycles. The Kier molecular flexibility index (Phi) is 4.97. The van der Waals surface area contributed by atoms with Crippen molar-refractivity contribution in [3.05, 3.63) is 69.9 Å². The molecule has 0 radical (unpaired) electrons. The summed E-state index contributed by atoms with van der Waals surface area (Å²) in [7, 11) is 0. The summed E-state index contributed by atoms with van der Waals surface area (Å²) in [5.74, 6) is -1.21. The highest BCUT2D eigenvalue weighted by atomic mass is 35.5. The Bertz CT molecular complexity index is 1020. The van der Waals surface area contributed by atoms with Crippen molar-refractivity contribution in [2.75, 3.05) is 0 Å². The molecule has 0 aliphatic carbocycles. The van der Waals surface area contributed by atoms with Crippen molar-refractivity contribution in [1.29, 1.82) is 0 Å². The highest BCUT2D eigenvalue weighted by molar-refractivity contribution is 6.30. The van der Waals surface area contributed by atoms with E-state index >= 15 is 0 Å². The van der Waals surface area contributed by atoms with Crippen LogP contribution in [0.5, 0.6) is 5.75 Å². The summed E-state index contributed by atoms with van der Waals surface area (Å²) >= 11 is 5.80. The fraction of sp³-hybridized carbons (Fsp3) is 0.158. The molecular formula is C19H14ClF3N2O2. The predicted molar refractivity (Wildman–Crippen MR) is 95.8 cm³/mol. The number of nitrogens with one attached hydrogen (secondary N) is 1. The van der Waals surface area contributed by atoms with E-state index in [1.807, 2.05) is 0 Å². The number of rotatable bonds is 3. The van der Waals surface area contributed by atoms with E-state index in [2.05, 4.69) is 10.3 Å². The van der Waals surface area contributed by atoms with Crippen LogP contribution in [0.2, 0.25) is 5.02 Å². The van der Waals surface area contributed by atoms with E-state index in [0.717, 1.165) is 11.6 Å². The van der Waals surface area contributed by atoms with Gasteiger partial charge in [-0.05, 0) is 42.3 Å². The number of amides is 1. The van der Waals surface area contributed by atoms with Crippen molar-refractivity contribution in [2.24, 2.45) is 0 Å².